The standard InChI is InChI=1S/C21H24FN3O2/c1-27-17-7-2-4-13(10-17)11-18(26)23-21-19(14-8-9-14)24-25-20(21)15-5-3-6-16(22)12-15/h2-7,10,12,14,19-21,24-25H,8-9,11H2,1H3,(H,23,26). The molecule has 1 heterocycles. The zero-order valence-electron chi connectivity index (χ0n) is 15.2. The van der Waals surface area contributed by atoms with Gasteiger partial charge in [0, 0.05) is 6.04 Å². The van der Waals surface area contributed by atoms with E-state index < -0.39 is 0 Å². The van der Waals surface area contributed by atoms with E-state index in [2.05, 4.69) is 16.2 Å². The second-order valence-electron chi connectivity index (χ2n) is 7.31. The van der Waals surface area contributed by atoms with Crippen LogP contribution in [0, 0.1) is 11.7 Å². The van der Waals surface area contributed by atoms with Crippen molar-refractivity contribution in [3.8, 4) is 5.75 Å². The molecule has 5 nitrogen and oxygen atoms in total. The van der Waals surface area contributed by atoms with Crippen molar-refractivity contribution in [3.05, 3.63) is 65.5 Å². The fraction of sp³-hybridized carbons (Fsp3) is 0.381. The number of amides is 1. The highest BCUT2D eigenvalue weighted by Crippen LogP contribution is 2.38. The molecule has 1 saturated heterocycles. The number of carbonyl (C=O) groups excluding carboxylic acids is 1. The summed E-state index contributed by atoms with van der Waals surface area (Å²) in [5.74, 6) is 0.951. The zero-order valence-corrected chi connectivity index (χ0v) is 15.2. The van der Waals surface area contributed by atoms with Crippen molar-refractivity contribution < 1.29 is 13.9 Å². The minimum Gasteiger partial charge on any atom is -0.497 e. The molecule has 4 rings (SSSR count). The predicted octanol–water partition coefficient (Wildman–Crippen LogP) is 2.49. The van der Waals surface area contributed by atoms with Crippen LogP contribution in [-0.2, 0) is 11.2 Å². The van der Waals surface area contributed by atoms with E-state index in [1.165, 1.54) is 12.1 Å². The van der Waals surface area contributed by atoms with E-state index in [9.17, 15) is 9.18 Å². The number of hydrogen-bond acceptors (Lipinski definition) is 4. The van der Waals surface area contributed by atoms with E-state index in [0.717, 1.165) is 29.7 Å². The Morgan fingerprint density at radius 3 is 2.74 bits per heavy atom. The Morgan fingerprint density at radius 2 is 2.00 bits per heavy atom. The molecule has 2 aromatic carbocycles. The Balaban J connectivity index is 1.49. The number of halogens is 1. The Hall–Kier alpha value is -2.44. The van der Waals surface area contributed by atoms with Crippen LogP contribution in [0.25, 0.3) is 0 Å². The van der Waals surface area contributed by atoms with Crippen molar-refractivity contribution in [2.24, 2.45) is 5.92 Å². The van der Waals surface area contributed by atoms with Gasteiger partial charge in [-0.2, -0.15) is 0 Å². The summed E-state index contributed by atoms with van der Waals surface area (Å²) in [6.45, 7) is 0. The summed E-state index contributed by atoms with van der Waals surface area (Å²) in [6.07, 6.45) is 2.58. The molecule has 3 N–H and O–H groups in total. The van der Waals surface area contributed by atoms with Crippen LogP contribution < -0.4 is 20.9 Å². The lowest BCUT2D eigenvalue weighted by Gasteiger charge is -2.24. The van der Waals surface area contributed by atoms with Crippen molar-refractivity contribution in [1.82, 2.24) is 16.2 Å². The van der Waals surface area contributed by atoms with Gasteiger partial charge in [-0.3, -0.25) is 10.2 Å². The third-order valence-corrected chi connectivity index (χ3v) is 5.32. The van der Waals surface area contributed by atoms with Crippen LogP contribution in [0.3, 0.4) is 0 Å². The zero-order chi connectivity index (χ0) is 18.8. The molecule has 3 atom stereocenters. The van der Waals surface area contributed by atoms with E-state index in [1.54, 1.807) is 13.2 Å². The van der Waals surface area contributed by atoms with Crippen LogP contribution in [0.4, 0.5) is 4.39 Å². The first-order valence-corrected chi connectivity index (χ1v) is 9.33. The summed E-state index contributed by atoms with van der Waals surface area (Å²) in [6, 6.07) is 13.9. The fourth-order valence-corrected chi connectivity index (χ4v) is 3.81. The molecule has 1 aliphatic heterocycles. The maximum absolute atomic E-state index is 13.7. The first-order chi connectivity index (χ1) is 13.1. The van der Waals surface area contributed by atoms with Gasteiger partial charge < -0.3 is 10.1 Å². The number of ether oxygens (including phenoxy) is 1. The monoisotopic (exact) mass is 369 g/mol. The van der Waals surface area contributed by atoms with E-state index >= 15 is 0 Å². The lowest BCUT2D eigenvalue weighted by molar-refractivity contribution is -0.121. The van der Waals surface area contributed by atoms with Gasteiger partial charge in [-0.25, -0.2) is 9.82 Å². The Morgan fingerprint density at radius 1 is 1.19 bits per heavy atom. The summed E-state index contributed by atoms with van der Waals surface area (Å²) in [5.41, 5.74) is 8.30. The van der Waals surface area contributed by atoms with Crippen molar-refractivity contribution in [1.29, 1.82) is 0 Å². The lowest BCUT2D eigenvalue weighted by Crippen LogP contribution is -2.47. The van der Waals surface area contributed by atoms with Gasteiger partial charge >= 0.3 is 0 Å². The van der Waals surface area contributed by atoms with Gasteiger partial charge in [-0.15, -0.1) is 0 Å². The molecule has 2 aliphatic rings. The highest BCUT2D eigenvalue weighted by Gasteiger charge is 2.45. The Kier molecular flexibility index (Phi) is 5.09. The van der Waals surface area contributed by atoms with Crippen LogP contribution in [0.5, 0.6) is 5.75 Å². The van der Waals surface area contributed by atoms with Crippen LogP contribution >= 0.6 is 0 Å². The number of rotatable bonds is 6. The molecule has 2 fully saturated rings. The number of hydrogen-bond donors (Lipinski definition) is 3. The van der Waals surface area contributed by atoms with Gasteiger partial charge in [-0.1, -0.05) is 24.3 Å². The molecular formula is C21H24FN3O2. The molecular weight excluding hydrogens is 345 g/mol. The maximum atomic E-state index is 13.7. The average Bonchev–Trinajstić information content (AvgIpc) is 3.42. The summed E-state index contributed by atoms with van der Waals surface area (Å²) in [4.78, 5) is 12.7. The first-order valence-electron chi connectivity index (χ1n) is 9.33. The Bertz CT molecular complexity index is 825. The molecule has 0 aromatic heterocycles. The topological polar surface area (TPSA) is 62.4 Å². The van der Waals surface area contributed by atoms with Crippen molar-refractivity contribution in [2.45, 2.75) is 37.4 Å². The third-order valence-electron chi connectivity index (χ3n) is 5.32. The van der Waals surface area contributed by atoms with Crippen molar-refractivity contribution in [2.75, 3.05) is 7.11 Å². The molecule has 2 aromatic rings. The van der Waals surface area contributed by atoms with Crippen LogP contribution in [-0.4, -0.2) is 25.1 Å². The normalized spacial score (nSPS) is 24.6. The molecule has 0 bridgehead atoms. The van der Waals surface area contributed by atoms with Crippen LogP contribution in [0.15, 0.2) is 48.5 Å². The van der Waals surface area contributed by atoms with Gasteiger partial charge in [-0.05, 0) is 54.2 Å². The number of carbonyl (C=O) groups is 1. The predicted molar refractivity (Wildman–Crippen MR) is 101 cm³/mol. The molecule has 142 valence electrons. The second-order valence-corrected chi connectivity index (χ2v) is 7.31. The smallest absolute Gasteiger partial charge is 0.224 e. The molecule has 0 radical (unpaired) electrons. The number of methoxy groups -OCH3 is 1. The van der Waals surface area contributed by atoms with E-state index in [0.29, 0.717) is 5.92 Å². The van der Waals surface area contributed by atoms with Crippen molar-refractivity contribution in [3.63, 3.8) is 0 Å². The van der Waals surface area contributed by atoms with E-state index in [1.807, 2.05) is 30.3 Å². The number of benzene rings is 2. The molecule has 0 spiro atoms. The van der Waals surface area contributed by atoms with Crippen LogP contribution in [0.1, 0.15) is 30.0 Å². The highest BCUT2D eigenvalue weighted by atomic mass is 19.1. The van der Waals surface area contributed by atoms with Gasteiger partial charge in [0.15, 0.2) is 0 Å². The summed E-state index contributed by atoms with van der Waals surface area (Å²) >= 11 is 0. The highest BCUT2D eigenvalue weighted by molar-refractivity contribution is 5.79. The second kappa shape index (κ2) is 7.66. The largest absolute Gasteiger partial charge is 0.497 e. The van der Waals surface area contributed by atoms with Crippen molar-refractivity contribution >= 4 is 5.91 Å². The lowest BCUT2D eigenvalue weighted by atomic mass is 9.93. The SMILES string of the molecule is COc1cccc(CC(=O)NC2C(c3cccc(F)c3)NNC2C2CC2)c1. The van der Waals surface area contributed by atoms with E-state index in [-0.39, 0.29) is 36.3 Å². The van der Waals surface area contributed by atoms with E-state index in [4.69, 9.17) is 4.74 Å². The molecule has 6 heteroatoms. The summed E-state index contributed by atoms with van der Waals surface area (Å²) < 4.78 is 18.9. The summed E-state index contributed by atoms with van der Waals surface area (Å²) in [7, 11) is 1.61. The van der Waals surface area contributed by atoms with Crippen LogP contribution in [0.2, 0.25) is 0 Å². The number of nitrogens with one attached hydrogen (secondary N) is 3. The van der Waals surface area contributed by atoms with Gasteiger partial charge in [0.25, 0.3) is 0 Å². The molecule has 1 amide bonds. The summed E-state index contributed by atoms with van der Waals surface area (Å²) in [5, 5.41) is 3.18. The molecule has 1 aliphatic carbocycles. The minimum atomic E-state index is -0.273. The number of hydrazine groups is 1. The maximum Gasteiger partial charge on any atom is 0.224 e. The van der Waals surface area contributed by atoms with Gasteiger partial charge in [0.1, 0.15) is 11.6 Å². The minimum absolute atomic E-state index is 0.0502. The Labute approximate surface area is 158 Å². The molecule has 3 unspecified atom stereocenters. The fourth-order valence-electron chi connectivity index (χ4n) is 3.81. The van der Waals surface area contributed by atoms with Gasteiger partial charge in [0.05, 0.1) is 25.6 Å². The average molecular weight is 369 g/mol. The van der Waals surface area contributed by atoms with Gasteiger partial charge in [0.2, 0.25) is 5.91 Å². The molecule has 1 saturated carbocycles. The quantitative estimate of drug-likeness (QED) is 0.732. The molecule has 27 heavy (non-hydrogen) atoms. The third kappa shape index (κ3) is 4.12. The first kappa shape index (κ1) is 17.9.